The largest absolute Gasteiger partial charge is 0.390 e. The fourth-order valence-electron chi connectivity index (χ4n) is 2.46. The number of nitrogens with zero attached hydrogens (tertiary/aromatic N) is 3. The van der Waals surface area contributed by atoms with Crippen molar-refractivity contribution in [3.05, 3.63) is 23.9 Å². The lowest BCUT2D eigenvalue weighted by Crippen LogP contribution is -2.38. The third-order valence-corrected chi connectivity index (χ3v) is 3.20. The molecule has 4 nitrogen and oxygen atoms in total. The Morgan fingerprint density at radius 2 is 2.29 bits per heavy atom. The number of hydrogen-bond acceptors (Lipinski definition) is 4. The van der Waals surface area contributed by atoms with Crippen LogP contribution in [0.15, 0.2) is 18.2 Å². The zero-order chi connectivity index (χ0) is 12.3. The second-order valence-electron chi connectivity index (χ2n) is 4.90. The van der Waals surface area contributed by atoms with E-state index in [0.29, 0.717) is 6.04 Å². The summed E-state index contributed by atoms with van der Waals surface area (Å²) in [7, 11) is 4.21. The number of anilines is 1. The smallest absolute Gasteiger partial charge is 0.129 e. The zero-order valence-corrected chi connectivity index (χ0v) is 10.6. The first-order chi connectivity index (χ1) is 8.20. The molecule has 1 aliphatic heterocycles. The third-order valence-electron chi connectivity index (χ3n) is 3.20. The van der Waals surface area contributed by atoms with Crippen molar-refractivity contribution in [1.82, 2.24) is 9.88 Å². The fraction of sp³-hybridized carbons (Fsp3) is 0.615. The number of pyridine rings is 1. The van der Waals surface area contributed by atoms with Crippen LogP contribution in [0.3, 0.4) is 0 Å². The summed E-state index contributed by atoms with van der Waals surface area (Å²) >= 11 is 0. The number of rotatable bonds is 4. The minimum atomic E-state index is 0.0139. The van der Waals surface area contributed by atoms with Crippen molar-refractivity contribution in [1.29, 1.82) is 0 Å². The van der Waals surface area contributed by atoms with Gasteiger partial charge >= 0.3 is 0 Å². The molecule has 1 aliphatic rings. The highest BCUT2D eigenvalue weighted by Crippen LogP contribution is 2.24. The summed E-state index contributed by atoms with van der Waals surface area (Å²) in [4.78, 5) is 9.07. The van der Waals surface area contributed by atoms with Crippen LogP contribution in [0.4, 0.5) is 5.82 Å². The van der Waals surface area contributed by atoms with Crippen LogP contribution in [0, 0.1) is 0 Å². The Kier molecular flexibility index (Phi) is 3.97. The lowest BCUT2D eigenvalue weighted by atomic mass is 10.2. The van der Waals surface area contributed by atoms with Crippen molar-refractivity contribution >= 4 is 5.82 Å². The van der Waals surface area contributed by atoms with Gasteiger partial charge in [0, 0.05) is 19.1 Å². The summed E-state index contributed by atoms with van der Waals surface area (Å²) in [6.07, 6.45) is 2.45. The van der Waals surface area contributed by atoms with E-state index >= 15 is 0 Å². The van der Waals surface area contributed by atoms with Gasteiger partial charge in [-0.2, -0.15) is 0 Å². The van der Waals surface area contributed by atoms with Crippen molar-refractivity contribution < 1.29 is 5.11 Å². The first kappa shape index (κ1) is 12.3. The highest BCUT2D eigenvalue weighted by atomic mass is 16.3. The summed E-state index contributed by atoms with van der Waals surface area (Å²) in [5.74, 6) is 1.00. The van der Waals surface area contributed by atoms with Gasteiger partial charge in [0.25, 0.3) is 0 Å². The standard InChI is InChI=1S/C13H21N3O/c1-15(2)9-12-6-4-8-16(12)13-7-3-5-11(10-17)14-13/h3,5,7,12,17H,4,6,8-10H2,1-2H3. The molecule has 2 rings (SSSR count). The third kappa shape index (κ3) is 2.96. The van der Waals surface area contributed by atoms with Crippen LogP contribution in [0.25, 0.3) is 0 Å². The van der Waals surface area contributed by atoms with Crippen LogP contribution in [-0.2, 0) is 6.61 Å². The van der Waals surface area contributed by atoms with E-state index in [0.717, 1.165) is 24.6 Å². The van der Waals surface area contributed by atoms with Gasteiger partial charge in [-0.3, -0.25) is 0 Å². The second kappa shape index (κ2) is 5.47. The van der Waals surface area contributed by atoms with E-state index in [2.05, 4.69) is 28.9 Å². The molecule has 0 saturated carbocycles. The average molecular weight is 235 g/mol. The molecule has 0 aliphatic carbocycles. The zero-order valence-electron chi connectivity index (χ0n) is 10.6. The number of hydrogen-bond donors (Lipinski definition) is 1. The normalized spacial score (nSPS) is 20.2. The number of aromatic nitrogens is 1. The number of likely N-dealkylation sites (N-methyl/N-ethyl adjacent to an activating group) is 1. The SMILES string of the molecule is CN(C)CC1CCCN1c1cccc(CO)n1. The van der Waals surface area contributed by atoms with Crippen molar-refractivity contribution in [3.63, 3.8) is 0 Å². The van der Waals surface area contributed by atoms with Gasteiger partial charge in [-0.1, -0.05) is 6.07 Å². The van der Waals surface area contributed by atoms with E-state index < -0.39 is 0 Å². The number of aliphatic hydroxyl groups is 1. The minimum Gasteiger partial charge on any atom is -0.390 e. The van der Waals surface area contributed by atoms with Gasteiger partial charge < -0.3 is 14.9 Å². The summed E-state index contributed by atoms with van der Waals surface area (Å²) < 4.78 is 0. The highest BCUT2D eigenvalue weighted by Gasteiger charge is 2.25. The molecule has 1 atom stereocenters. The molecule has 4 heteroatoms. The maximum atomic E-state index is 9.13. The molecule has 1 N–H and O–H groups in total. The minimum absolute atomic E-state index is 0.0139. The van der Waals surface area contributed by atoms with Crippen molar-refractivity contribution in [2.45, 2.75) is 25.5 Å². The molecule has 1 unspecified atom stereocenters. The molecule has 0 spiro atoms. The summed E-state index contributed by atoms with van der Waals surface area (Å²) in [6.45, 7) is 2.14. The first-order valence-corrected chi connectivity index (χ1v) is 6.19. The van der Waals surface area contributed by atoms with E-state index in [-0.39, 0.29) is 6.61 Å². The molecule has 0 aromatic carbocycles. The topological polar surface area (TPSA) is 39.6 Å². The molecule has 1 saturated heterocycles. The first-order valence-electron chi connectivity index (χ1n) is 6.19. The molecule has 17 heavy (non-hydrogen) atoms. The maximum Gasteiger partial charge on any atom is 0.129 e. The van der Waals surface area contributed by atoms with Crippen LogP contribution in [0.2, 0.25) is 0 Å². The van der Waals surface area contributed by atoms with Crippen LogP contribution >= 0.6 is 0 Å². The molecule has 1 aromatic heterocycles. The Morgan fingerprint density at radius 3 is 3.00 bits per heavy atom. The van der Waals surface area contributed by atoms with Crippen LogP contribution in [0.5, 0.6) is 0 Å². The Balaban J connectivity index is 2.14. The molecular weight excluding hydrogens is 214 g/mol. The average Bonchev–Trinajstić information content (AvgIpc) is 2.76. The van der Waals surface area contributed by atoms with E-state index in [4.69, 9.17) is 5.11 Å². The predicted octanol–water partition coefficient (Wildman–Crippen LogP) is 1.10. The van der Waals surface area contributed by atoms with Crippen LogP contribution < -0.4 is 4.90 Å². The Morgan fingerprint density at radius 1 is 1.47 bits per heavy atom. The summed E-state index contributed by atoms with van der Waals surface area (Å²) in [5.41, 5.74) is 0.748. The molecule has 1 aromatic rings. The van der Waals surface area contributed by atoms with Gasteiger partial charge in [0.05, 0.1) is 12.3 Å². The van der Waals surface area contributed by atoms with Crippen LogP contribution in [0.1, 0.15) is 18.5 Å². The van der Waals surface area contributed by atoms with Gasteiger partial charge in [0.15, 0.2) is 0 Å². The quantitative estimate of drug-likeness (QED) is 0.848. The van der Waals surface area contributed by atoms with Gasteiger partial charge in [0.2, 0.25) is 0 Å². The Labute approximate surface area is 103 Å². The summed E-state index contributed by atoms with van der Waals surface area (Å²) in [6, 6.07) is 6.42. The Hall–Kier alpha value is -1.13. The van der Waals surface area contributed by atoms with Gasteiger partial charge in [-0.25, -0.2) is 4.98 Å². The molecule has 0 radical (unpaired) electrons. The lowest BCUT2D eigenvalue weighted by molar-refractivity contribution is 0.277. The van der Waals surface area contributed by atoms with Crippen molar-refractivity contribution in [2.24, 2.45) is 0 Å². The Bertz CT molecular complexity index is 367. The number of aliphatic hydroxyl groups excluding tert-OH is 1. The molecule has 0 bridgehead atoms. The molecule has 94 valence electrons. The molecule has 1 fully saturated rings. The summed E-state index contributed by atoms with van der Waals surface area (Å²) in [5, 5.41) is 9.13. The van der Waals surface area contributed by atoms with Gasteiger partial charge in [-0.05, 0) is 39.1 Å². The van der Waals surface area contributed by atoms with Crippen LogP contribution in [-0.4, -0.2) is 48.2 Å². The lowest BCUT2D eigenvalue weighted by Gasteiger charge is -2.28. The van der Waals surface area contributed by atoms with E-state index in [9.17, 15) is 0 Å². The fourth-order valence-corrected chi connectivity index (χ4v) is 2.46. The van der Waals surface area contributed by atoms with E-state index in [1.54, 1.807) is 0 Å². The molecular formula is C13H21N3O. The van der Waals surface area contributed by atoms with Crippen molar-refractivity contribution in [3.8, 4) is 0 Å². The molecule has 2 heterocycles. The van der Waals surface area contributed by atoms with Gasteiger partial charge in [-0.15, -0.1) is 0 Å². The monoisotopic (exact) mass is 235 g/mol. The predicted molar refractivity (Wildman–Crippen MR) is 69.1 cm³/mol. The highest BCUT2D eigenvalue weighted by molar-refractivity contribution is 5.42. The van der Waals surface area contributed by atoms with E-state index in [1.807, 2.05) is 18.2 Å². The van der Waals surface area contributed by atoms with Crippen molar-refractivity contribution in [2.75, 3.05) is 32.1 Å². The molecule has 0 amide bonds. The second-order valence-corrected chi connectivity index (χ2v) is 4.90. The maximum absolute atomic E-state index is 9.13. The van der Waals surface area contributed by atoms with E-state index in [1.165, 1.54) is 12.8 Å². The van der Waals surface area contributed by atoms with Gasteiger partial charge in [0.1, 0.15) is 5.82 Å².